The monoisotopic (exact) mass is 531 g/mol. The van der Waals surface area contributed by atoms with Crippen LogP contribution in [0.3, 0.4) is 0 Å². The van der Waals surface area contributed by atoms with E-state index in [2.05, 4.69) is 31.8 Å². The maximum Gasteiger partial charge on any atom is 0.345 e. The smallest absolute Gasteiger partial charge is 0.345 e. The Labute approximate surface area is 201 Å². The number of hydrazone groups is 1. The predicted octanol–water partition coefficient (Wildman–Crippen LogP) is 4.34. The van der Waals surface area contributed by atoms with Crippen LogP contribution in [0.25, 0.3) is 0 Å². The van der Waals surface area contributed by atoms with E-state index in [9.17, 15) is 18.8 Å². The molecule has 0 aliphatic heterocycles. The molecule has 0 bridgehead atoms. The average molecular weight is 533 g/mol. The number of benzene rings is 3. The molecule has 168 valence electrons. The Hall–Kier alpha value is -3.56. The average Bonchev–Trinajstić information content (AvgIpc) is 2.80. The van der Waals surface area contributed by atoms with Crippen molar-refractivity contribution in [3.8, 4) is 5.75 Å². The predicted molar refractivity (Wildman–Crippen MR) is 125 cm³/mol. The molecule has 3 aromatic carbocycles. The molecule has 7 nitrogen and oxygen atoms in total. The first kappa shape index (κ1) is 24.1. The Bertz CT molecular complexity index is 1220. The minimum atomic E-state index is -0.648. The Morgan fingerprint density at radius 3 is 2.52 bits per heavy atom. The molecule has 0 fully saturated rings. The summed E-state index contributed by atoms with van der Waals surface area (Å²) in [6.07, 6.45) is 1.29. The Balaban J connectivity index is 1.60. The number of ether oxygens (including phenoxy) is 1. The van der Waals surface area contributed by atoms with Crippen molar-refractivity contribution in [3.05, 3.63) is 98.7 Å². The number of amides is 2. The number of carbonyl (C=O) groups excluding carboxylic acids is 3. The first-order valence-corrected chi connectivity index (χ1v) is 10.6. The molecule has 10 heteroatoms. The molecule has 0 aliphatic rings. The van der Waals surface area contributed by atoms with Crippen molar-refractivity contribution in [1.82, 2.24) is 10.7 Å². The van der Waals surface area contributed by atoms with Gasteiger partial charge in [0.2, 0.25) is 0 Å². The van der Waals surface area contributed by atoms with Gasteiger partial charge in [0.25, 0.3) is 11.8 Å². The number of rotatable bonds is 7. The summed E-state index contributed by atoms with van der Waals surface area (Å²) in [6, 6.07) is 16.3. The molecule has 33 heavy (non-hydrogen) atoms. The second kappa shape index (κ2) is 11.3. The number of hydrogen-bond donors (Lipinski definition) is 2. The van der Waals surface area contributed by atoms with Gasteiger partial charge in [0.05, 0.1) is 23.3 Å². The van der Waals surface area contributed by atoms with Crippen molar-refractivity contribution in [2.45, 2.75) is 0 Å². The maximum absolute atomic E-state index is 12.9. The van der Waals surface area contributed by atoms with E-state index in [4.69, 9.17) is 16.3 Å². The van der Waals surface area contributed by atoms with Crippen LogP contribution >= 0.6 is 27.5 Å². The van der Waals surface area contributed by atoms with Gasteiger partial charge in [-0.25, -0.2) is 14.6 Å². The van der Waals surface area contributed by atoms with Gasteiger partial charge in [-0.2, -0.15) is 5.10 Å². The molecule has 0 atom stereocenters. The molecular weight excluding hydrogens is 517 g/mol. The summed E-state index contributed by atoms with van der Waals surface area (Å²) in [6.45, 7) is -0.347. The van der Waals surface area contributed by atoms with Gasteiger partial charge >= 0.3 is 5.97 Å². The Kier molecular flexibility index (Phi) is 8.28. The zero-order valence-electron chi connectivity index (χ0n) is 16.8. The second-order valence-electron chi connectivity index (χ2n) is 6.53. The van der Waals surface area contributed by atoms with Gasteiger partial charge in [-0.1, -0.05) is 39.7 Å². The largest absolute Gasteiger partial charge is 0.422 e. The van der Waals surface area contributed by atoms with E-state index in [0.29, 0.717) is 10.0 Å². The highest BCUT2D eigenvalue weighted by Gasteiger charge is 2.14. The van der Waals surface area contributed by atoms with Gasteiger partial charge < -0.3 is 10.1 Å². The molecule has 3 aromatic rings. The number of carbonyl (C=O) groups is 3. The van der Waals surface area contributed by atoms with E-state index in [1.54, 1.807) is 36.4 Å². The lowest BCUT2D eigenvalue weighted by atomic mass is 10.2. The van der Waals surface area contributed by atoms with Gasteiger partial charge in [-0.3, -0.25) is 9.59 Å². The summed E-state index contributed by atoms with van der Waals surface area (Å²) < 4.78 is 19.0. The second-order valence-corrected chi connectivity index (χ2v) is 7.86. The summed E-state index contributed by atoms with van der Waals surface area (Å²) in [7, 11) is 0. The highest BCUT2D eigenvalue weighted by molar-refractivity contribution is 9.10. The van der Waals surface area contributed by atoms with Crippen LogP contribution in [0.1, 0.15) is 26.3 Å². The van der Waals surface area contributed by atoms with Crippen LogP contribution in [0.4, 0.5) is 4.39 Å². The highest BCUT2D eigenvalue weighted by Crippen LogP contribution is 2.24. The van der Waals surface area contributed by atoms with Crippen LogP contribution in [0.2, 0.25) is 5.02 Å². The molecule has 0 saturated carbocycles. The molecule has 3 rings (SSSR count). The van der Waals surface area contributed by atoms with Crippen molar-refractivity contribution >= 4 is 51.5 Å². The third kappa shape index (κ3) is 6.96. The Morgan fingerprint density at radius 1 is 1.06 bits per heavy atom. The zero-order chi connectivity index (χ0) is 23.8. The van der Waals surface area contributed by atoms with Crippen LogP contribution in [0.5, 0.6) is 5.75 Å². The minimum Gasteiger partial charge on any atom is -0.422 e. The lowest BCUT2D eigenvalue weighted by molar-refractivity contribution is -0.120. The van der Waals surface area contributed by atoms with E-state index in [0.717, 1.165) is 12.1 Å². The number of nitrogens with zero attached hydrogens (tertiary/aromatic N) is 1. The highest BCUT2D eigenvalue weighted by atomic mass is 79.9. The van der Waals surface area contributed by atoms with Crippen LogP contribution in [-0.2, 0) is 4.79 Å². The summed E-state index contributed by atoms with van der Waals surface area (Å²) in [4.78, 5) is 36.4. The van der Waals surface area contributed by atoms with Gasteiger partial charge in [-0.05, 0) is 54.6 Å². The summed E-state index contributed by atoms with van der Waals surface area (Å²) >= 11 is 9.36. The number of hydrogen-bond acceptors (Lipinski definition) is 5. The fraction of sp³-hybridized carbons (Fsp3) is 0.0435. The lowest BCUT2D eigenvalue weighted by Gasteiger charge is -2.09. The molecule has 0 radical (unpaired) electrons. The van der Waals surface area contributed by atoms with Crippen molar-refractivity contribution in [3.63, 3.8) is 0 Å². The van der Waals surface area contributed by atoms with E-state index < -0.39 is 23.6 Å². The third-order valence-electron chi connectivity index (χ3n) is 4.18. The van der Waals surface area contributed by atoms with Crippen molar-refractivity contribution in [2.24, 2.45) is 5.10 Å². The SMILES string of the molecule is O=C(CNC(=O)c1ccc(F)cc1)N/N=C\c1cc(Br)ccc1OC(=O)c1ccccc1Cl. The van der Waals surface area contributed by atoms with Crippen molar-refractivity contribution in [1.29, 1.82) is 0 Å². The molecular formula is C23H16BrClFN3O4. The molecule has 0 saturated heterocycles. The first-order chi connectivity index (χ1) is 15.8. The van der Waals surface area contributed by atoms with Crippen molar-refractivity contribution < 1.29 is 23.5 Å². The zero-order valence-corrected chi connectivity index (χ0v) is 19.2. The summed E-state index contributed by atoms with van der Waals surface area (Å²) in [5.74, 6) is -2.04. The van der Waals surface area contributed by atoms with E-state index in [1.165, 1.54) is 24.4 Å². The molecule has 2 N–H and O–H groups in total. The quantitative estimate of drug-likeness (QED) is 0.205. The summed E-state index contributed by atoms with van der Waals surface area (Å²) in [5, 5.41) is 6.49. The normalized spacial score (nSPS) is 10.6. The van der Waals surface area contributed by atoms with E-state index >= 15 is 0 Å². The van der Waals surface area contributed by atoms with Gasteiger partial charge in [0.15, 0.2) is 0 Å². The number of esters is 1. The fourth-order valence-electron chi connectivity index (χ4n) is 2.57. The first-order valence-electron chi connectivity index (χ1n) is 9.45. The Morgan fingerprint density at radius 2 is 1.79 bits per heavy atom. The lowest BCUT2D eigenvalue weighted by Crippen LogP contribution is -2.34. The van der Waals surface area contributed by atoms with Gasteiger partial charge in [-0.15, -0.1) is 0 Å². The standard InChI is InChI=1S/C23H16BrClFN3O4/c24-16-7-10-20(33-23(32)18-3-1-2-4-19(18)25)15(11-16)12-28-29-21(30)13-27-22(31)14-5-8-17(26)9-6-14/h1-12H,13H2,(H,27,31)(H,29,30)/b28-12-. The molecule has 0 heterocycles. The summed E-state index contributed by atoms with van der Waals surface area (Å²) in [5.41, 5.74) is 3.09. The molecule has 0 spiro atoms. The van der Waals surface area contributed by atoms with Gasteiger partial charge in [0.1, 0.15) is 11.6 Å². The number of halogens is 3. The maximum atomic E-state index is 12.9. The molecule has 0 aromatic heterocycles. The van der Waals surface area contributed by atoms with Crippen LogP contribution < -0.4 is 15.5 Å². The molecule has 2 amide bonds. The minimum absolute atomic E-state index is 0.200. The third-order valence-corrected chi connectivity index (χ3v) is 5.00. The molecule has 0 aliphatic carbocycles. The van der Waals surface area contributed by atoms with Crippen LogP contribution in [-0.4, -0.2) is 30.5 Å². The van der Waals surface area contributed by atoms with Crippen molar-refractivity contribution in [2.75, 3.05) is 6.54 Å². The van der Waals surface area contributed by atoms with Crippen LogP contribution in [0.15, 0.2) is 76.3 Å². The topological polar surface area (TPSA) is 96.9 Å². The van der Waals surface area contributed by atoms with Crippen LogP contribution in [0, 0.1) is 5.82 Å². The number of nitrogens with one attached hydrogen (secondary N) is 2. The molecule has 0 unspecified atom stereocenters. The van der Waals surface area contributed by atoms with Gasteiger partial charge in [0, 0.05) is 15.6 Å². The fourth-order valence-corrected chi connectivity index (χ4v) is 3.16. The van der Waals surface area contributed by atoms with E-state index in [-0.39, 0.29) is 28.4 Å². The van der Waals surface area contributed by atoms with E-state index in [1.807, 2.05) is 0 Å².